The fourth-order valence-corrected chi connectivity index (χ4v) is 3.58. The van der Waals surface area contributed by atoms with Gasteiger partial charge in [-0.15, -0.1) is 0 Å². The molecule has 3 N–H and O–H groups in total. The number of imidazole rings is 2. The molecule has 5 aromatic rings. The molecule has 0 saturated heterocycles. The van der Waals surface area contributed by atoms with Crippen LogP contribution in [0.3, 0.4) is 0 Å². The average molecular weight is 457 g/mol. The molecule has 2 aromatic carbocycles. The standard InChI is InChI=1S/C18H11Br2N5/c19-9-1-3-11-15(7-9)24-17(22-11)13-5-6-14(21-13)18-23-12-4-2-10(20)8-16(12)25-18/h1-8,21H,(H,22,24)(H,23,25). The van der Waals surface area contributed by atoms with Crippen molar-refractivity contribution in [2.45, 2.75) is 0 Å². The number of fused-ring (bicyclic) bond motifs is 2. The first-order valence-electron chi connectivity index (χ1n) is 7.66. The topological polar surface area (TPSA) is 73.2 Å². The number of aromatic nitrogens is 5. The van der Waals surface area contributed by atoms with Crippen molar-refractivity contribution < 1.29 is 0 Å². The van der Waals surface area contributed by atoms with Crippen LogP contribution in [0.4, 0.5) is 0 Å². The summed E-state index contributed by atoms with van der Waals surface area (Å²) in [6.45, 7) is 0. The lowest BCUT2D eigenvalue weighted by Crippen LogP contribution is -1.83. The molecule has 0 fully saturated rings. The SMILES string of the molecule is Brc1ccc2[nH]c(-c3ccc(-c4nc5cc(Br)ccc5[nH]4)[nH]3)nc2c1. The van der Waals surface area contributed by atoms with E-state index in [0.29, 0.717) is 0 Å². The van der Waals surface area contributed by atoms with Gasteiger partial charge in [-0.05, 0) is 48.5 Å². The van der Waals surface area contributed by atoms with Crippen molar-refractivity contribution in [2.75, 3.05) is 0 Å². The Balaban J connectivity index is 1.56. The first-order valence-corrected chi connectivity index (χ1v) is 9.25. The summed E-state index contributed by atoms with van der Waals surface area (Å²) in [4.78, 5) is 19.4. The van der Waals surface area contributed by atoms with Crippen LogP contribution in [0.2, 0.25) is 0 Å². The van der Waals surface area contributed by atoms with E-state index in [9.17, 15) is 0 Å². The summed E-state index contributed by atoms with van der Waals surface area (Å²) < 4.78 is 2.03. The molecule has 122 valence electrons. The summed E-state index contributed by atoms with van der Waals surface area (Å²) in [5.74, 6) is 1.61. The van der Waals surface area contributed by atoms with Crippen LogP contribution in [0, 0.1) is 0 Å². The van der Waals surface area contributed by atoms with Crippen molar-refractivity contribution in [3.8, 4) is 23.0 Å². The molecule has 7 heteroatoms. The largest absolute Gasteiger partial charge is 0.349 e. The maximum absolute atomic E-state index is 4.65. The zero-order chi connectivity index (χ0) is 17.0. The number of rotatable bonds is 2. The van der Waals surface area contributed by atoms with Gasteiger partial charge in [0.15, 0.2) is 11.6 Å². The fraction of sp³-hybridized carbons (Fsp3) is 0. The summed E-state index contributed by atoms with van der Waals surface area (Å²) in [6.07, 6.45) is 0. The Kier molecular flexibility index (Phi) is 3.33. The summed E-state index contributed by atoms with van der Waals surface area (Å²) in [5.41, 5.74) is 5.70. The van der Waals surface area contributed by atoms with Gasteiger partial charge in [-0.3, -0.25) is 0 Å². The zero-order valence-corrected chi connectivity index (χ0v) is 15.9. The van der Waals surface area contributed by atoms with E-state index in [0.717, 1.165) is 54.0 Å². The molecule has 25 heavy (non-hydrogen) atoms. The van der Waals surface area contributed by atoms with Crippen LogP contribution >= 0.6 is 31.9 Å². The summed E-state index contributed by atoms with van der Waals surface area (Å²) >= 11 is 6.95. The van der Waals surface area contributed by atoms with E-state index in [4.69, 9.17) is 0 Å². The fourth-order valence-electron chi connectivity index (χ4n) is 2.88. The lowest BCUT2D eigenvalue weighted by Gasteiger charge is -1.92. The van der Waals surface area contributed by atoms with Crippen molar-refractivity contribution in [3.05, 3.63) is 57.5 Å². The molecule has 3 heterocycles. The molecule has 5 rings (SSSR count). The Hall–Kier alpha value is -2.38. The highest BCUT2D eigenvalue weighted by atomic mass is 79.9. The van der Waals surface area contributed by atoms with Gasteiger partial charge in [0.05, 0.1) is 33.5 Å². The summed E-state index contributed by atoms with van der Waals surface area (Å²) in [7, 11) is 0. The van der Waals surface area contributed by atoms with Gasteiger partial charge in [0, 0.05) is 8.95 Å². The number of hydrogen-bond acceptors (Lipinski definition) is 2. The lowest BCUT2D eigenvalue weighted by atomic mass is 10.3. The number of halogens is 2. The molecule has 0 aliphatic rings. The van der Waals surface area contributed by atoms with E-state index in [1.54, 1.807) is 0 Å². The van der Waals surface area contributed by atoms with Gasteiger partial charge in [0.1, 0.15) is 0 Å². The number of nitrogens with zero attached hydrogens (tertiary/aromatic N) is 2. The van der Waals surface area contributed by atoms with Crippen molar-refractivity contribution >= 4 is 53.9 Å². The second-order valence-electron chi connectivity index (χ2n) is 5.78. The quantitative estimate of drug-likeness (QED) is 0.322. The van der Waals surface area contributed by atoms with Crippen LogP contribution in [0.5, 0.6) is 0 Å². The first-order chi connectivity index (χ1) is 12.2. The minimum atomic E-state index is 0.804. The third-order valence-corrected chi connectivity index (χ3v) is 5.07. The maximum atomic E-state index is 4.65. The first kappa shape index (κ1) is 14.9. The Morgan fingerprint density at radius 3 is 1.56 bits per heavy atom. The van der Waals surface area contributed by atoms with E-state index in [1.807, 2.05) is 48.5 Å². The molecule has 0 unspecified atom stereocenters. The lowest BCUT2D eigenvalue weighted by molar-refractivity contribution is 1.24. The molecular formula is C18H11Br2N5. The Bertz CT molecular complexity index is 1140. The van der Waals surface area contributed by atoms with Gasteiger partial charge in [0.25, 0.3) is 0 Å². The average Bonchev–Trinajstić information content (AvgIpc) is 3.30. The minimum Gasteiger partial charge on any atom is -0.349 e. The van der Waals surface area contributed by atoms with Crippen LogP contribution in [-0.2, 0) is 0 Å². The van der Waals surface area contributed by atoms with E-state index >= 15 is 0 Å². The third-order valence-electron chi connectivity index (χ3n) is 4.09. The maximum Gasteiger partial charge on any atom is 0.154 e. The molecule has 5 nitrogen and oxygen atoms in total. The molecule has 0 aliphatic carbocycles. The Morgan fingerprint density at radius 1 is 0.600 bits per heavy atom. The Labute approximate surface area is 159 Å². The van der Waals surface area contributed by atoms with Gasteiger partial charge in [-0.2, -0.15) is 0 Å². The number of aromatic amines is 3. The van der Waals surface area contributed by atoms with Crippen LogP contribution in [0.1, 0.15) is 0 Å². The number of nitrogens with one attached hydrogen (secondary N) is 3. The minimum absolute atomic E-state index is 0.804. The molecule has 0 radical (unpaired) electrons. The molecular weight excluding hydrogens is 446 g/mol. The van der Waals surface area contributed by atoms with Crippen molar-refractivity contribution in [1.29, 1.82) is 0 Å². The van der Waals surface area contributed by atoms with Crippen LogP contribution in [0.15, 0.2) is 57.5 Å². The number of benzene rings is 2. The molecule has 0 aliphatic heterocycles. The van der Waals surface area contributed by atoms with Crippen molar-refractivity contribution in [2.24, 2.45) is 0 Å². The predicted octanol–water partition coefficient (Wildman–Crippen LogP) is 5.63. The van der Waals surface area contributed by atoms with Gasteiger partial charge in [0.2, 0.25) is 0 Å². The van der Waals surface area contributed by atoms with Crippen LogP contribution in [-0.4, -0.2) is 24.9 Å². The number of hydrogen-bond donors (Lipinski definition) is 3. The van der Waals surface area contributed by atoms with Crippen LogP contribution in [0.25, 0.3) is 45.1 Å². The van der Waals surface area contributed by atoms with Crippen LogP contribution < -0.4 is 0 Å². The monoisotopic (exact) mass is 455 g/mol. The highest BCUT2D eigenvalue weighted by Crippen LogP contribution is 2.26. The molecule has 0 spiro atoms. The molecule has 3 aromatic heterocycles. The van der Waals surface area contributed by atoms with E-state index in [2.05, 4.69) is 56.8 Å². The smallest absolute Gasteiger partial charge is 0.154 e. The van der Waals surface area contributed by atoms with Crippen molar-refractivity contribution in [3.63, 3.8) is 0 Å². The van der Waals surface area contributed by atoms with Gasteiger partial charge in [-0.25, -0.2) is 9.97 Å². The van der Waals surface area contributed by atoms with Crippen molar-refractivity contribution in [1.82, 2.24) is 24.9 Å². The van der Waals surface area contributed by atoms with E-state index in [-0.39, 0.29) is 0 Å². The van der Waals surface area contributed by atoms with Gasteiger partial charge >= 0.3 is 0 Å². The molecule has 0 atom stereocenters. The molecule has 0 bridgehead atoms. The predicted molar refractivity (Wildman–Crippen MR) is 106 cm³/mol. The Morgan fingerprint density at radius 2 is 1.08 bits per heavy atom. The third kappa shape index (κ3) is 2.60. The summed E-state index contributed by atoms with van der Waals surface area (Å²) in [6, 6.07) is 16.0. The normalized spacial score (nSPS) is 11.6. The molecule has 0 saturated carbocycles. The molecule has 0 amide bonds. The second-order valence-corrected chi connectivity index (χ2v) is 7.61. The van der Waals surface area contributed by atoms with E-state index < -0.39 is 0 Å². The van der Waals surface area contributed by atoms with Gasteiger partial charge < -0.3 is 15.0 Å². The summed E-state index contributed by atoms with van der Waals surface area (Å²) in [5, 5.41) is 0. The zero-order valence-electron chi connectivity index (χ0n) is 12.8. The highest BCUT2D eigenvalue weighted by molar-refractivity contribution is 9.10. The van der Waals surface area contributed by atoms with Gasteiger partial charge in [-0.1, -0.05) is 31.9 Å². The number of H-pyrrole nitrogens is 3. The second kappa shape index (κ2) is 5.57. The van der Waals surface area contributed by atoms with E-state index in [1.165, 1.54) is 0 Å². The highest BCUT2D eigenvalue weighted by Gasteiger charge is 2.11.